The van der Waals surface area contributed by atoms with Crippen LogP contribution >= 0.6 is 27.5 Å². The Labute approximate surface area is 137 Å². The fourth-order valence-electron chi connectivity index (χ4n) is 2.75. The van der Waals surface area contributed by atoms with E-state index in [4.69, 9.17) is 11.6 Å². The van der Waals surface area contributed by atoms with Crippen molar-refractivity contribution in [1.29, 1.82) is 0 Å². The Morgan fingerprint density at radius 3 is 2.76 bits per heavy atom. The molecule has 0 N–H and O–H groups in total. The number of nitrogens with zero attached hydrogens (tertiary/aromatic N) is 2. The summed E-state index contributed by atoms with van der Waals surface area (Å²) in [5.74, 6) is 1.28. The normalized spacial score (nSPS) is 11.2. The second kappa shape index (κ2) is 5.82. The maximum atomic E-state index is 6.14. The predicted molar refractivity (Wildman–Crippen MR) is 92.4 cm³/mol. The van der Waals surface area contributed by atoms with Gasteiger partial charge in [-0.2, -0.15) is 0 Å². The number of imidazole rings is 1. The molecule has 3 aromatic rings. The molecule has 0 unspecified atom stereocenters. The second-order valence-electron chi connectivity index (χ2n) is 5.07. The Hall–Kier alpha value is -1.32. The van der Waals surface area contributed by atoms with Crippen molar-refractivity contribution in [3.8, 4) is 5.69 Å². The summed E-state index contributed by atoms with van der Waals surface area (Å²) in [4.78, 5) is 4.69. The number of halogens is 2. The van der Waals surface area contributed by atoms with Gasteiger partial charge in [0.15, 0.2) is 0 Å². The number of hydrogen-bond donors (Lipinski definition) is 0. The lowest BCUT2D eigenvalue weighted by atomic mass is 10.1. The molecule has 108 valence electrons. The Bertz CT molecular complexity index is 808. The Kier molecular flexibility index (Phi) is 4.05. The van der Waals surface area contributed by atoms with Crippen LogP contribution in [0.1, 0.15) is 23.9 Å². The molecule has 0 spiro atoms. The standard InChI is InChI=1S/C17H16BrClN2/c1-3-12-9-13(18)7-8-15(12)21-16(10-19)20-14-6-4-5-11(2)17(14)21/h4-9H,3,10H2,1-2H3. The molecule has 4 heteroatoms. The van der Waals surface area contributed by atoms with E-state index in [9.17, 15) is 0 Å². The summed E-state index contributed by atoms with van der Waals surface area (Å²) >= 11 is 9.69. The third-order valence-electron chi connectivity index (χ3n) is 3.73. The zero-order valence-electron chi connectivity index (χ0n) is 12.0. The van der Waals surface area contributed by atoms with Crippen LogP contribution in [0.3, 0.4) is 0 Å². The van der Waals surface area contributed by atoms with Crippen LogP contribution in [0.4, 0.5) is 0 Å². The lowest BCUT2D eigenvalue weighted by molar-refractivity contribution is 0.952. The van der Waals surface area contributed by atoms with Crippen molar-refractivity contribution in [2.24, 2.45) is 0 Å². The maximum absolute atomic E-state index is 6.14. The van der Waals surface area contributed by atoms with Crippen molar-refractivity contribution < 1.29 is 0 Å². The molecule has 0 bridgehead atoms. The fraction of sp³-hybridized carbons (Fsp3) is 0.235. The summed E-state index contributed by atoms with van der Waals surface area (Å²) in [7, 11) is 0. The van der Waals surface area contributed by atoms with Gasteiger partial charge in [-0.25, -0.2) is 4.98 Å². The first-order valence-corrected chi connectivity index (χ1v) is 8.30. The highest BCUT2D eigenvalue weighted by molar-refractivity contribution is 9.10. The fourth-order valence-corrected chi connectivity index (χ4v) is 3.34. The molecule has 21 heavy (non-hydrogen) atoms. The lowest BCUT2D eigenvalue weighted by Gasteiger charge is -2.14. The van der Waals surface area contributed by atoms with E-state index in [1.807, 2.05) is 12.1 Å². The number of aryl methyl sites for hydroxylation is 2. The topological polar surface area (TPSA) is 17.8 Å². The van der Waals surface area contributed by atoms with Crippen LogP contribution in [0.2, 0.25) is 0 Å². The Morgan fingerprint density at radius 2 is 2.05 bits per heavy atom. The highest BCUT2D eigenvalue weighted by Crippen LogP contribution is 2.29. The Balaban J connectivity index is 2.39. The van der Waals surface area contributed by atoms with Crippen molar-refractivity contribution in [3.05, 3.63) is 57.8 Å². The number of aromatic nitrogens is 2. The minimum Gasteiger partial charge on any atom is -0.295 e. The van der Waals surface area contributed by atoms with Gasteiger partial charge in [0.2, 0.25) is 0 Å². The summed E-state index contributed by atoms with van der Waals surface area (Å²) < 4.78 is 3.29. The van der Waals surface area contributed by atoms with Crippen LogP contribution in [-0.4, -0.2) is 9.55 Å². The molecule has 0 saturated carbocycles. The monoisotopic (exact) mass is 362 g/mol. The molecule has 0 radical (unpaired) electrons. The van der Waals surface area contributed by atoms with Gasteiger partial charge < -0.3 is 0 Å². The number of para-hydroxylation sites is 1. The molecule has 0 aliphatic carbocycles. The molecule has 3 rings (SSSR count). The minimum absolute atomic E-state index is 0.396. The van der Waals surface area contributed by atoms with Crippen molar-refractivity contribution in [2.75, 3.05) is 0 Å². The van der Waals surface area contributed by atoms with Crippen LogP contribution in [0.15, 0.2) is 40.9 Å². The predicted octanol–water partition coefficient (Wildman–Crippen LogP) is 5.40. The summed E-state index contributed by atoms with van der Waals surface area (Å²) in [5.41, 5.74) is 5.79. The SMILES string of the molecule is CCc1cc(Br)ccc1-n1c(CCl)nc2cccc(C)c21. The van der Waals surface area contributed by atoms with Gasteiger partial charge in [-0.15, -0.1) is 11.6 Å². The number of hydrogen-bond acceptors (Lipinski definition) is 1. The lowest BCUT2D eigenvalue weighted by Crippen LogP contribution is -2.03. The summed E-state index contributed by atoms with van der Waals surface area (Å²) in [6.07, 6.45) is 0.960. The molecule has 0 aliphatic heterocycles. The Morgan fingerprint density at radius 1 is 1.24 bits per heavy atom. The molecular weight excluding hydrogens is 348 g/mol. The quantitative estimate of drug-likeness (QED) is 0.570. The van der Waals surface area contributed by atoms with Crippen molar-refractivity contribution in [2.45, 2.75) is 26.1 Å². The van der Waals surface area contributed by atoms with E-state index in [2.05, 4.69) is 63.6 Å². The third kappa shape index (κ3) is 2.49. The third-order valence-corrected chi connectivity index (χ3v) is 4.46. The molecule has 0 amide bonds. The summed E-state index contributed by atoms with van der Waals surface area (Å²) in [5, 5.41) is 0. The van der Waals surface area contributed by atoms with Gasteiger partial charge in [0.1, 0.15) is 5.82 Å². The van der Waals surface area contributed by atoms with Gasteiger partial charge in [-0.1, -0.05) is 35.0 Å². The van der Waals surface area contributed by atoms with Crippen LogP contribution < -0.4 is 0 Å². The minimum atomic E-state index is 0.396. The van der Waals surface area contributed by atoms with Crippen molar-refractivity contribution in [3.63, 3.8) is 0 Å². The van der Waals surface area contributed by atoms with Gasteiger partial charge >= 0.3 is 0 Å². The van der Waals surface area contributed by atoms with E-state index in [-0.39, 0.29) is 0 Å². The van der Waals surface area contributed by atoms with Crippen LogP contribution in [0.25, 0.3) is 16.7 Å². The highest BCUT2D eigenvalue weighted by atomic mass is 79.9. The largest absolute Gasteiger partial charge is 0.295 e. The molecule has 0 atom stereocenters. The highest BCUT2D eigenvalue weighted by Gasteiger charge is 2.15. The molecule has 1 heterocycles. The van der Waals surface area contributed by atoms with Crippen molar-refractivity contribution in [1.82, 2.24) is 9.55 Å². The number of benzene rings is 2. The zero-order valence-corrected chi connectivity index (χ0v) is 14.4. The molecule has 0 fully saturated rings. The first-order chi connectivity index (χ1) is 10.2. The number of rotatable bonds is 3. The van der Waals surface area contributed by atoms with Gasteiger partial charge in [0.05, 0.1) is 22.6 Å². The number of fused-ring (bicyclic) bond motifs is 1. The van der Waals surface area contributed by atoms with Crippen LogP contribution in [0.5, 0.6) is 0 Å². The van der Waals surface area contributed by atoms with Gasteiger partial charge in [-0.05, 0) is 48.7 Å². The first-order valence-electron chi connectivity index (χ1n) is 6.97. The van der Waals surface area contributed by atoms with E-state index in [1.165, 1.54) is 11.1 Å². The first kappa shape index (κ1) is 14.6. The molecule has 2 aromatic carbocycles. The van der Waals surface area contributed by atoms with Gasteiger partial charge in [-0.3, -0.25) is 4.57 Å². The summed E-state index contributed by atoms with van der Waals surface area (Å²) in [6.45, 7) is 4.28. The van der Waals surface area contributed by atoms with E-state index >= 15 is 0 Å². The van der Waals surface area contributed by atoms with E-state index in [0.29, 0.717) is 5.88 Å². The van der Waals surface area contributed by atoms with Crippen LogP contribution in [0, 0.1) is 6.92 Å². The van der Waals surface area contributed by atoms with E-state index in [0.717, 1.165) is 33.4 Å². The second-order valence-corrected chi connectivity index (χ2v) is 6.25. The summed E-state index contributed by atoms with van der Waals surface area (Å²) in [6, 6.07) is 12.6. The zero-order chi connectivity index (χ0) is 15.0. The average molecular weight is 364 g/mol. The van der Waals surface area contributed by atoms with E-state index in [1.54, 1.807) is 0 Å². The maximum Gasteiger partial charge on any atom is 0.129 e. The average Bonchev–Trinajstić information content (AvgIpc) is 2.87. The van der Waals surface area contributed by atoms with Crippen LogP contribution in [-0.2, 0) is 12.3 Å². The molecule has 0 saturated heterocycles. The smallest absolute Gasteiger partial charge is 0.129 e. The molecule has 2 nitrogen and oxygen atoms in total. The van der Waals surface area contributed by atoms with E-state index < -0.39 is 0 Å². The molecule has 0 aliphatic rings. The van der Waals surface area contributed by atoms with Gasteiger partial charge in [0, 0.05) is 4.47 Å². The van der Waals surface area contributed by atoms with Gasteiger partial charge in [0.25, 0.3) is 0 Å². The molecular formula is C17H16BrClN2. The molecule has 1 aromatic heterocycles. The van der Waals surface area contributed by atoms with Crippen molar-refractivity contribution >= 4 is 38.6 Å². The number of alkyl halides is 1.